The van der Waals surface area contributed by atoms with Gasteiger partial charge in [-0.15, -0.1) is 0 Å². The lowest BCUT2D eigenvalue weighted by Gasteiger charge is -2.02. The van der Waals surface area contributed by atoms with Crippen molar-refractivity contribution in [3.63, 3.8) is 0 Å². The zero-order valence-corrected chi connectivity index (χ0v) is 10.8. The van der Waals surface area contributed by atoms with E-state index in [1.807, 2.05) is 0 Å². The molecule has 100 valence electrons. The monoisotopic (exact) mass is 288 g/mol. The second-order valence-corrected chi connectivity index (χ2v) is 4.38. The van der Waals surface area contributed by atoms with Crippen molar-refractivity contribution in [1.82, 2.24) is 20.2 Å². The number of halogens is 1. The molecule has 0 fully saturated rings. The van der Waals surface area contributed by atoms with Crippen molar-refractivity contribution in [1.29, 1.82) is 0 Å². The number of amides is 1. The van der Waals surface area contributed by atoms with Gasteiger partial charge in [-0.05, 0) is 35.9 Å². The van der Waals surface area contributed by atoms with Crippen LogP contribution in [0, 0.1) is 0 Å². The van der Waals surface area contributed by atoms with Crippen molar-refractivity contribution < 1.29 is 4.79 Å². The van der Waals surface area contributed by atoms with E-state index in [1.54, 1.807) is 18.2 Å². The molecule has 0 bridgehead atoms. The summed E-state index contributed by atoms with van der Waals surface area (Å²) in [5.74, 6) is -0.105. The first-order valence-electron chi connectivity index (χ1n) is 5.67. The SMILES string of the molecule is Nc1ccc2[nH]nc(C(=O)Nc3ccnc(Cl)n3)c2c1. The fourth-order valence-corrected chi connectivity index (χ4v) is 1.93. The summed E-state index contributed by atoms with van der Waals surface area (Å²) < 4.78 is 0. The van der Waals surface area contributed by atoms with Gasteiger partial charge in [0.1, 0.15) is 5.82 Å². The van der Waals surface area contributed by atoms with E-state index in [1.165, 1.54) is 12.3 Å². The molecule has 3 aromatic rings. The van der Waals surface area contributed by atoms with Crippen molar-refractivity contribution in [2.75, 3.05) is 11.1 Å². The maximum Gasteiger partial charge on any atom is 0.277 e. The second kappa shape index (κ2) is 4.78. The van der Waals surface area contributed by atoms with E-state index in [0.29, 0.717) is 16.9 Å². The van der Waals surface area contributed by atoms with E-state index < -0.39 is 5.91 Å². The summed E-state index contributed by atoms with van der Waals surface area (Å²) in [4.78, 5) is 19.8. The fraction of sp³-hybridized carbons (Fsp3) is 0. The average molecular weight is 289 g/mol. The molecule has 0 unspecified atom stereocenters. The lowest BCUT2D eigenvalue weighted by atomic mass is 10.2. The Balaban J connectivity index is 1.94. The zero-order chi connectivity index (χ0) is 14.1. The van der Waals surface area contributed by atoms with E-state index in [4.69, 9.17) is 17.3 Å². The number of benzene rings is 1. The van der Waals surface area contributed by atoms with Crippen LogP contribution in [0.4, 0.5) is 11.5 Å². The molecule has 0 atom stereocenters. The molecule has 7 nitrogen and oxygen atoms in total. The lowest BCUT2D eigenvalue weighted by Crippen LogP contribution is -2.14. The molecule has 0 saturated carbocycles. The molecule has 20 heavy (non-hydrogen) atoms. The third kappa shape index (κ3) is 2.26. The number of nitrogens with zero attached hydrogens (tertiary/aromatic N) is 3. The van der Waals surface area contributed by atoms with Crippen LogP contribution >= 0.6 is 11.6 Å². The Morgan fingerprint density at radius 1 is 1.35 bits per heavy atom. The van der Waals surface area contributed by atoms with Crippen molar-refractivity contribution in [3.8, 4) is 0 Å². The minimum atomic E-state index is -0.406. The van der Waals surface area contributed by atoms with Crippen molar-refractivity contribution in [2.45, 2.75) is 0 Å². The van der Waals surface area contributed by atoms with E-state index in [2.05, 4.69) is 25.5 Å². The quantitative estimate of drug-likeness (QED) is 0.492. The fourth-order valence-electron chi connectivity index (χ4n) is 1.78. The smallest absolute Gasteiger partial charge is 0.277 e. The number of aromatic nitrogens is 4. The third-order valence-corrected chi connectivity index (χ3v) is 2.85. The Bertz CT molecular complexity index is 799. The van der Waals surface area contributed by atoms with Gasteiger partial charge in [0.05, 0.1) is 5.52 Å². The van der Waals surface area contributed by atoms with E-state index in [0.717, 1.165) is 5.52 Å². The van der Waals surface area contributed by atoms with E-state index >= 15 is 0 Å². The highest BCUT2D eigenvalue weighted by atomic mass is 35.5. The van der Waals surface area contributed by atoms with Gasteiger partial charge in [-0.2, -0.15) is 5.10 Å². The van der Waals surface area contributed by atoms with Gasteiger partial charge in [0.25, 0.3) is 5.91 Å². The molecular weight excluding hydrogens is 280 g/mol. The summed E-state index contributed by atoms with van der Waals surface area (Å²) in [6.07, 6.45) is 1.45. The Hall–Kier alpha value is -2.67. The maximum absolute atomic E-state index is 12.2. The summed E-state index contributed by atoms with van der Waals surface area (Å²) >= 11 is 5.66. The first-order valence-corrected chi connectivity index (χ1v) is 6.05. The van der Waals surface area contributed by atoms with Gasteiger partial charge >= 0.3 is 0 Å². The zero-order valence-electron chi connectivity index (χ0n) is 10.1. The molecule has 1 amide bonds. The number of anilines is 2. The van der Waals surface area contributed by atoms with Crippen LogP contribution in [0.25, 0.3) is 10.9 Å². The predicted octanol–water partition coefficient (Wildman–Crippen LogP) is 1.84. The first-order chi connectivity index (χ1) is 9.63. The van der Waals surface area contributed by atoms with Crippen LogP contribution in [0.5, 0.6) is 0 Å². The number of carbonyl (C=O) groups excluding carboxylic acids is 1. The number of H-pyrrole nitrogens is 1. The number of rotatable bonds is 2. The molecule has 2 heterocycles. The van der Waals surface area contributed by atoms with Gasteiger partial charge in [-0.3, -0.25) is 9.89 Å². The molecule has 0 saturated heterocycles. The Morgan fingerprint density at radius 3 is 3.00 bits per heavy atom. The van der Waals surface area contributed by atoms with Gasteiger partial charge in [0, 0.05) is 17.3 Å². The van der Waals surface area contributed by atoms with Crippen LogP contribution in [0.2, 0.25) is 5.28 Å². The van der Waals surface area contributed by atoms with Gasteiger partial charge in [-0.1, -0.05) is 0 Å². The van der Waals surface area contributed by atoms with Gasteiger partial charge in [0.2, 0.25) is 5.28 Å². The number of hydrogen-bond acceptors (Lipinski definition) is 5. The van der Waals surface area contributed by atoms with E-state index in [9.17, 15) is 4.79 Å². The van der Waals surface area contributed by atoms with Crippen LogP contribution in [-0.4, -0.2) is 26.1 Å². The average Bonchev–Trinajstić information content (AvgIpc) is 2.81. The highest BCUT2D eigenvalue weighted by molar-refractivity contribution is 6.28. The number of hydrogen-bond donors (Lipinski definition) is 3. The van der Waals surface area contributed by atoms with Gasteiger partial charge in [-0.25, -0.2) is 9.97 Å². The Kier molecular flexibility index (Phi) is 2.96. The minimum Gasteiger partial charge on any atom is -0.399 e. The summed E-state index contributed by atoms with van der Waals surface area (Å²) in [5, 5.41) is 10.0. The van der Waals surface area contributed by atoms with Crippen LogP contribution in [0.15, 0.2) is 30.5 Å². The highest BCUT2D eigenvalue weighted by Gasteiger charge is 2.15. The van der Waals surface area contributed by atoms with Gasteiger partial charge in [0.15, 0.2) is 5.69 Å². The highest BCUT2D eigenvalue weighted by Crippen LogP contribution is 2.19. The number of aromatic amines is 1. The summed E-state index contributed by atoms with van der Waals surface area (Å²) in [5.41, 5.74) is 7.23. The van der Waals surface area contributed by atoms with Crippen LogP contribution < -0.4 is 11.1 Å². The third-order valence-electron chi connectivity index (χ3n) is 2.67. The summed E-state index contributed by atoms with van der Waals surface area (Å²) in [7, 11) is 0. The second-order valence-electron chi connectivity index (χ2n) is 4.04. The molecule has 0 aliphatic carbocycles. The summed E-state index contributed by atoms with van der Waals surface area (Å²) in [6, 6.07) is 6.70. The van der Waals surface area contributed by atoms with Crippen LogP contribution in [0.3, 0.4) is 0 Å². The molecule has 1 aromatic carbocycles. The molecule has 0 aliphatic heterocycles. The number of nitrogen functional groups attached to an aromatic ring is 1. The molecule has 0 spiro atoms. The first kappa shape index (κ1) is 12.4. The van der Waals surface area contributed by atoms with Crippen molar-refractivity contribution in [2.24, 2.45) is 0 Å². The van der Waals surface area contributed by atoms with E-state index in [-0.39, 0.29) is 11.0 Å². The van der Waals surface area contributed by atoms with Gasteiger partial charge < -0.3 is 11.1 Å². The molecular formula is C12H9ClN6O. The predicted molar refractivity (Wildman–Crippen MR) is 75.5 cm³/mol. The van der Waals surface area contributed by atoms with Crippen molar-refractivity contribution in [3.05, 3.63) is 41.4 Å². The largest absolute Gasteiger partial charge is 0.399 e. The summed E-state index contributed by atoms with van der Waals surface area (Å²) in [6.45, 7) is 0. The minimum absolute atomic E-state index is 0.0546. The maximum atomic E-state index is 12.2. The normalized spacial score (nSPS) is 10.7. The molecule has 4 N–H and O–H groups in total. The lowest BCUT2D eigenvalue weighted by molar-refractivity contribution is 0.102. The van der Waals surface area contributed by atoms with Crippen LogP contribution in [0.1, 0.15) is 10.5 Å². The molecule has 2 aromatic heterocycles. The Labute approximate surface area is 118 Å². The standard InChI is InChI=1S/C12H9ClN6O/c13-12-15-4-3-9(17-12)16-11(20)10-7-5-6(14)1-2-8(7)18-19-10/h1-5H,14H2,(H,18,19)(H,15,16,17,20). The molecule has 3 rings (SSSR count). The number of nitrogens with one attached hydrogen (secondary N) is 2. The molecule has 0 radical (unpaired) electrons. The number of nitrogens with two attached hydrogens (primary N) is 1. The van der Waals surface area contributed by atoms with Crippen molar-refractivity contribution >= 4 is 39.9 Å². The number of fused-ring (bicyclic) bond motifs is 1. The van der Waals surface area contributed by atoms with Crippen LogP contribution in [-0.2, 0) is 0 Å². The topological polar surface area (TPSA) is 110 Å². The molecule has 0 aliphatic rings. The molecule has 8 heteroatoms. The Morgan fingerprint density at radius 2 is 2.20 bits per heavy atom. The number of carbonyl (C=O) groups is 1.